The van der Waals surface area contributed by atoms with Gasteiger partial charge in [0.1, 0.15) is 0 Å². The molecular formula is C11H12O3. The number of esters is 1. The average molecular weight is 192 g/mol. The molecule has 3 nitrogen and oxygen atoms in total. The fraction of sp³-hybridized carbons (Fsp3) is 0.182. The highest BCUT2D eigenvalue weighted by atomic mass is 16.5. The van der Waals surface area contributed by atoms with Crippen LogP contribution in [0.4, 0.5) is 0 Å². The summed E-state index contributed by atoms with van der Waals surface area (Å²) in [5, 5.41) is 8.55. The maximum absolute atomic E-state index is 11.1. The van der Waals surface area contributed by atoms with E-state index in [-0.39, 0.29) is 12.6 Å². The van der Waals surface area contributed by atoms with Crippen LogP contribution in [0.1, 0.15) is 15.9 Å². The van der Waals surface area contributed by atoms with Gasteiger partial charge in [0.2, 0.25) is 0 Å². The summed E-state index contributed by atoms with van der Waals surface area (Å²) >= 11 is 0. The van der Waals surface area contributed by atoms with Gasteiger partial charge in [-0.1, -0.05) is 24.3 Å². The summed E-state index contributed by atoms with van der Waals surface area (Å²) < 4.78 is 4.56. The van der Waals surface area contributed by atoms with Gasteiger partial charge in [0.05, 0.1) is 19.3 Å². The Morgan fingerprint density at radius 3 is 2.57 bits per heavy atom. The predicted octanol–water partition coefficient (Wildman–Crippen LogP) is 1.48. The van der Waals surface area contributed by atoms with Gasteiger partial charge >= 0.3 is 5.97 Å². The van der Waals surface area contributed by atoms with E-state index in [1.54, 1.807) is 36.4 Å². The molecule has 0 aliphatic heterocycles. The Bertz CT molecular complexity index is 325. The fourth-order valence-electron chi connectivity index (χ4n) is 1.04. The van der Waals surface area contributed by atoms with E-state index in [0.717, 1.165) is 5.56 Å². The Balaban J connectivity index is 2.78. The molecule has 1 rings (SSSR count). The second-order valence-corrected chi connectivity index (χ2v) is 2.70. The van der Waals surface area contributed by atoms with E-state index in [9.17, 15) is 4.79 Å². The Kier molecular flexibility index (Phi) is 3.88. The maximum atomic E-state index is 11.1. The standard InChI is InChI=1S/C11H12O3/c1-14-11(13)10-6-4-9(5-7-10)3-2-8-12/h2-7,12H,8H2,1H3. The van der Waals surface area contributed by atoms with Crippen molar-refractivity contribution in [2.75, 3.05) is 13.7 Å². The number of methoxy groups -OCH3 is 1. The van der Waals surface area contributed by atoms with Crippen LogP contribution in [0.15, 0.2) is 30.3 Å². The van der Waals surface area contributed by atoms with Gasteiger partial charge in [0, 0.05) is 0 Å². The van der Waals surface area contributed by atoms with Crippen LogP contribution in [0, 0.1) is 0 Å². The van der Waals surface area contributed by atoms with Crippen molar-refractivity contribution < 1.29 is 14.6 Å². The summed E-state index contributed by atoms with van der Waals surface area (Å²) in [4.78, 5) is 11.1. The first kappa shape index (κ1) is 10.5. The normalized spacial score (nSPS) is 10.4. The SMILES string of the molecule is COC(=O)c1ccc(C=CCO)cc1. The van der Waals surface area contributed by atoms with Gasteiger partial charge in [-0.15, -0.1) is 0 Å². The summed E-state index contributed by atoms with van der Waals surface area (Å²) in [6.45, 7) is 0.0127. The topological polar surface area (TPSA) is 46.5 Å². The molecule has 0 fully saturated rings. The third-order valence-electron chi connectivity index (χ3n) is 1.75. The molecule has 1 aromatic carbocycles. The van der Waals surface area contributed by atoms with Crippen molar-refractivity contribution in [3.63, 3.8) is 0 Å². The van der Waals surface area contributed by atoms with Gasteiger partial charge in [-0.25, -0.2) is 4.79 Å². The molecule has 0 amide bonds. The minimum absolute atomic E-state index is 0.0127. The zero-order chi connectivity index (χ0) is 10.4. The molecular weight excluding hydrogens is 180 g/mol. The highest BCUT2D eigenvalue weighted by molar-refractivity contribution is 5.89. The zero-order valence-electron chi connectivity index (χ0n) is 7.93. The lowest BCUT2D eigenvalue weighted by Crippen LogP contribution is -2.00. The molecule has 0 saturated carbocycles. The Hall–Kier alpha value is -1.61. The van der Waals surface area contributed by atoms with Crippen molar-refractivity contribution in [1.29, 1.82) is 0 Å². The van der Waals surface area contributed by atoms with Crippen LogP contribution in [0.2, 0.25) is 0 Å². The molecule has 0 saturated heterocycles. The summed E-state index contributed by atoms with van der Waals surface area (Å²) in [5.41, 5.74) is 1.46. The van der Waals surface area contributed by atoms with Gasteiger partial charge in [0.25, 0.3) is 0 Å². The highest BCUT2D eigenvalue weighted by Crippen LogP contribution is 2.06. The van der Waals surface area contributed by atoms with Crippen molar-refractivity contribution in [2.45, 2.75) is 0 Å². The molecule has 0 radical (unpaired) electrons. The minimum Gasteiger partial charge on any atom is -0.465 e. The summed E-state index contributed by atoms with van der Waals surface area (Å²) in [6.07, 6.45) is 3.41. The minimum atomic E-state index is -0.345. The molecule has 0 unspecified atom stereocenters. The lowest BCUT2D eigenvalue weighted by atomic mass is 10.1. The zero-order valence-corrected chi connectivity index (χ0v) is 7.93. The lowest BCUT2D eigenvalue weighted by Gasteiger charge is -1.98. The molecule has 0 aliphatic rings. The maximum Gasteiger partial charge on any atom is 0.337 e. The molecule has 1 aromatic rings. The number of ether oxygens (including phenoxy) is 1. The molecule has 0 atom stereocenters. The van der Waals surface area contributed by atoms with Crippen LogP contribution >= 0.6 is 0 Å². The molecule has 0 spiro atoms. The fourth-order valence-corrected chi connectivity index (χ4v) is 1.04. The number of aliphatic hydroxyl groups excluding tert-OH is 1. The van der Waals surface area contributed by atoms with Crippen molar-refractivity contribution in [1.82, 2.24) is 0 Å². The van der Waals surface area contributed by atoms with Crippen molar-refractivity contribution >= 4 is 12.0 Å². The van der Waals surface area contributed by atoms with Crippen molar-refractivity contribution in [3.05, 3.63) is 41.5 Å². The van der Waals surface area contributed by atoms with E-state index in [1.165, 1.54) is 7.11 Å². The van der Waals surface area contributed by atoms with Gasteiger partial charge in [0.15, 0.2) is 0 Å². The number of rotatable bonds is 3. The Labute approximate surface area is 82.6 Å². The molecule has 1 N–H and O–H groups in total. The quantitative estimate of drug-likeness (QED) is 0.738. The number of hydrogen-bond donors (Lipinski definition) is 1. The molecule has 0 bridgehead atoms. The van der Waals surface area contributed by atoms with Gasteiger partial charge in [-0.2, -0.15) is 0 Å². The van der Waals surface area contributed by atoms with E-state index in [0.29, 0.717) is 5.56 Å². The van der Waals surface area contributed by atoms with E-state index in [1.807, 2.05) is 0 Å². The van der Waals surface area contributed by atoms with Crippen LogP contribution in [-0.2, 0) is 4.74 Å². The largest absolute Gasteiger partial charge is 0.465 e. The van der Waals surface area contributed by atoms with Crippen LogP contribution in [-0.4, -0.2) is 24.8 Å². The number of carbonyl (C=O) groups is 1. The summed E-state index contributed by atoms with van der Waals surface area (Å²) in [6, 6.07) is 6.95. The van der Waals surface area contributed by atoms with E-state index in [4.69, 9.17) is 5.11 Å². The molecule has 3 heteroatoms. The first-order valence-electron chi connectivity index (χ1n) is 4.23. The summed E-state index contributed by atoms with van der Waals surface area (Å²) in [5.74, 6) is -0.345. The number of carbonyl (C=O) groups excluding carboxylic acids is 1. The van der Waals surface area contributed by atoms with Crippen LogP contribution in [0.5, 0.6) is 0 Å². The smallest absolute Gasteiger partial charge is 0.337 e. The number of aliphatic hydroxyl groups is 1. The highest BCUT2D eigenvalue weighted by Gasteiger charge is 2.02. The van der Waals surface area contributed by atoms with E-state index < -0.39 is 0 Å². The van der Waals surface area contributed by atoms with Crippen LogP contribution in [0.25, 0.3) is 6.08 Å². The number of benzene rings is 1. The molecule has 0 aromatic heterocycles. The number of hydrogen-bond acceptors (Lipinski definition) is 3. The predicted molar refractivity (Wildman–Crippen MR) is 53.9 cm³/mol. The first-order chi connectivity index (χ1) is 6.77. The Morgan fingerprint density at radius 2 is 2.07 bits per heavy atom. The van der Waals surface area contributed by atoms with Gasteiger partial charge in [-0.05, 0) is 17.7 Å². The Morgan fingerprint density at radius 1 is 1.43 bits per heavy atom. The molecule has 0 heterocycles. The monoisotopic (exact) mass is 192 g/mol. The van der Waals surface area contributed by atoms with Gasteiger partial charge in [-0.3, -0.25) is 0 Å². The van der Waals surface area contributed by atoms with Crippen molar-refractivity contribution in [3.8, 4) is 0 Å². The lowest BCUT2D eigenvalue weighted by molar-refractivity contribution is 0.0601. The second-order valence-electron chi connectivity index (χ2n) is 2.70. The second kappa shape index (κ2) is 5.19. The van der Waals surface area contributed by atoms with Crippen molar-refractivity contribution in [2.24, 2.45) is 0 Å². The third kappa shape index (κ3) is 2.71. The first-order valence-corrected chi connectivity index (χ1v) is 4.23. The molecule has 74 valence electrons. The van der Waals surface area contributed by atoms with E-state index in [2.05, 4.69) is 4.74 Å². The summed E-state index contributed by atoms with van der Waals surface area (Å²) in [7, 11) is 1.35. The molecule has 0 aliphatic carbocycles. The van der Waals surface area contributed by atoms with Gasteiger partial charge < -0.3 is 9.84 Å². The van der Waals surface area contributed by atoms with Crippen LogP contribution < -0.4 is 0 Å². The van der Waals surface area contributed by atoms with E-state index >= 15 is 0 Å². The van der Waals surface area contributed by atoms with Crippen LogP contribution in [0.3, 0.4) is 0 Å². The third-order valence-corrected chi connectivity index (χ3v) is 1.75. The average Bonchev–Trinajstić information content (AvgIpc) is 2.26. The molecule has 14 heavy (non-hydrogen) atoms.